The van der Waals surface area contributed by atoms with Crippen LogP contribution in [0.3, 0.4) is 0 Å². The van der Waals surface area contributed by atoms with Crippen molar-refractivity contribution in [3.8, 4) is 6.07 Å². The smallest absolute Gasteiger partial charge is 0.229 e. The molecule has 3 rings (SSSR count). The molecule has 1 aliphatic heterocycles. The van der Waals surface area contributed by atoms with Gasteiger partial charge in [-0.15, -0.1) is 0 Å². The molecule has 0 spiro atoms. The van der Waals surface area contributed by atoms with Gasteiger partial charge in [-0.25, -0.2) is 4.98 Å². The zero-order valence-electron chi connectivity index (χ0n) is 12.0. The summed E-state index contributed by atoms with van der Waals surface area (Å²) < 4.78 is 4.23. The Labute approximate surface area is 127 Å². The molecule has 0 unspecified atom stereocenters. The number of rotatable bonds is 4. The number of aromatic nitrogens is 3. The van der Waals surface area contributed by atoms with E-state index in [0.29, 0.717) is 18.3 Å². The van der Waals surface area contributed by atoms with Crippen molar-refractivity contribution in [1.29, 1.82) is 5.26 Å². The zero-order chi connectivity index (χ0) is 14.8. The number of nitrogens with one attached hydrogen (secondary N) is 1. The fourth-order valence-corrected chi connectivity index (χ4v) is 3.00. The average Bonchev–Trinajstić information content (AvgIpc) is 2.82. The van der Waals surface area contributed by atoms with E-state index in [1.165, 1.54) is 11.5 Å². The Kier molecular flexibility index (Phi) is 3.71. The van der Waals surface area contributed by atoms with Crippen LogP contribution in [0.2, 0.25) is 0 Å². The Balaban J connectivity index is 1.73. The van der Waals surface area contributed by atoms with Crippen molar-refractivity contribution in [3.63, 3.8) is 0 Å². The van der Waals surface area contributed by atoms with Gasteiger partial charge in [0.25, 0.3) is 0 Å². The lowest BCUT2D eigenvalue weighted by molar-refractivity contribution is 0.414. The number of nitriles is 1. The highest BCUT2D eigenvalue weighted by molar-refractivity contribution is 7.10. The highest BCUT2D eigenvalue weighted by Gasteiger charge is 2.28. The molecule has 0 aromatic carbocycles. The van der Waals surface area contributed by atoms with Gasteiger partial charge < -0.3 is 10.2 Å². The molecule has 7 heteroatoms. The molecule has 6 nitrogen and oxygen atoms in total. The minimum atomic E-state index is 0.463. The van der Waals surface area contributed by atoms with Gasteiger partial charge in [-0.2, -0.15) is 14.6 Å². The Morgan fingerprint density at radius 3 is 2.95 bits per heavy atom. The number of hydrogen-bond acceptors (Lipinski definition) is 7. The lowest BCUT2D eigenvalue weighted by Gasteiger charge is -2.39. The van der Waals surface area contributed by atoms with E-state index in [1.807, 2.05) is 26.1 Å². The molecule has 2 aromatic rings. The molecule has 0 atom stereocenters. The summed E-state index contributed by atoms with van der Waals surface area (Å²) >= 11 is 1.40. The summed E-state index contributed by atoms with van der Waals surface area (Å²) in [6, 6.07) is 4.20. The Morgan fingerprint density at radius 1 is 1.48 bits per heavy atom. The second-order valence-corrected chi connectivity index (χ2v) is 6.10. The normalized spacial score (nSPS) is 14.6. The maximum Gasteiger partial charge on any atom is 0.229 e. The van der Waals surface area contributed by atoms with Crippen molar-refractivity contribution in [1.82, 2.24) is 14.3 Å². The van der Waals surface area contributed by atoms with Crippen molar-refractivity contribution in [3.05, 3.63) is 23.5 Å². The van der Waals surface area contributed by atoms with Crippen molar-refractivity contribution in [2.24, 2.45) is 5.92 Å². The molecular weight excluding hydrogens is 284 g/mol. The molecule has 2 aromatic heterocycles. The van der Waals surface area contributed by atoms with Crippen LogP contribution in [-0.4, -0.2) is 27.4 Å². The standard InChI is InChI=1S/C14H16N6S/c1-9-6-16-14(17-12-5-10(2)19-21-12)18-13(9)20-7-11(8-20)3-4-15/h5-6,11H,3,7-8H2,1-2H3,(H,16,17,18). The first-order valence-corrected chi connectivity index (χ1v) is 7.59. The lowest BCUT2D eigenvalue weighted by atomic mass is 9.97. The van der Waals surface area contributed by atoms with Gasteiger partial charge in [0.15, 0.2) is 0 Å². The summed E-state index contributed by atoms with van der Waals surface area (Å²) in [5.41, 5.74) is 2.04. The number of hydrogen-bond donors (Lipinski definition) is 1. The van der Waals surface area contributed by atoms with Gasteiger partial charge in [-0.05, 0) is 31.4 Å². The monoisotopic (exact) mass is 300 g/mol. The fourth-order valence-electron chi connectivity index (χ4n) is 2.35. The van der Waals surface area contributed by atoms with E-state index in [9.17, 15) is 0 Å². The molecule has 108 valence electrons. The van der Waals surface area contributed by atoms with E-state index in [-0.39, 0.29) is 0 Å². The van der Waals surface area contributed by atoms with Gasteiger partial charge in [0, 0.05) is 37.2 Å². The molecule has 0 saturated carbocycles. The van der Waals surface area contributed by atoms with Gasteiger partial charge >= 0.3 is 0 Å². The Hall–Kier alpha value is -2.20. The Morgan fingerprint density at radius 2 is 2.29 bits per heavy atom. The SMILES string of the molecule is Cc1cc(Nc2ncc(C)c(N3CC(CC#N)C3)n2)sn1. The number of anilines is 3. The molecule has 1 aliphatic rings. The third-order valence-electron chi connectivity index (χ3n) is 3.44. The molecule has 1 fully saturated rings. The minimum absolute atomic E-state index is 0.463. The average molecular weight is 300 g/mol. The quantitative estimate of drug-likeness (QED) is 0.935. The van der Waals surface area contributed by atoms with Crippen LogP contribution >= 0.6 is 11.5 Å². The van der Waals surface area contributed by atoms with E-state index in [4.69, 9.17) is 5.26 Å². The number of aryl methyl sites for hydroxylation is 2. The molecule has 1 N–H and O–H groups in total. The van der Waals surface area contributed by atoms with Gasteiger partial charge in [0.05, 0.1) is 11.8 Å². The number of nitrogens with zero attached hydrogens (tertiary/aromatic N) is 5. The summed E-state index contributed by atoms with van der Waals surface area (Å²) in [6.45, 7) is 5.75. The summed E-state index contributed by atoms with van der Waals surface area (Å²) in [4.78, 5) is 11.1. The highest BCUT2D eigenvalue weighted by atomic mass is 32.1. The van der Waals surface area contributed by atoms with Crippen LogP contribution in [0.15, 0.2) is 12.3 Å². The van der Waals surface area contributed by atoms with E-state index in [0.717, 1.165) is 35.2 Å². The predicted octanol–water partition coefficient (Wildman–Crippen LogP) is 2.64. The maximum absolute atomic E-state index is 8.71. The van der Waals surface area contributed by atoms with Crippen LogP contribution in [0.25, 0.3) is 0 Å². The van der Waals surface area contributed by atoms with Crippen LogP contribution in [0.4, 0.5) is 16.8 Å². The molecule has 0 radical (unpaired) electrons. The highest BCUT2D eigenvalue weighted by Crippen LogP contribution is 2.28. The first-order chi connectivity index (χ1) is 10.2. The van der Waals surface area contributed by atoms with E-state index >= 15 is 0 Å². The van der Waals surface area contributed by atoms with Crippen LogP contribution in [0.1, 0.15) is 17.7 Å². The molecule has 21 heavy (non-hydrogen) atoms. The summed E-state index contributed by atoms with van der Waals surface area (Å²) in [5.74, 6) is 2.00. The topological polar surface area (TPSA) is 77.7 Å². The van der Waals surface area contributed by atoms with Gasteiger partial charge in [0.1, 0.15) is 10.8 Å². The van der Waals surface area contributed by atoms with E-state index in [2.05, 4.69) is 30.6 Å². The van der Waals surface area contributed by atoms with E-state index < -0.39 is 0 Å². The van der Waals surface area contributed by atoms with Crippen LogP contribution < -0.4 is 10.2 Å². The first-order valence-electron chi connectivity index (χ1n) is 6.81. The van der Waals surface area contributed by atoms with Crippen molar-refractivity contribution >= 4 is 28.3 Å². The van der Waals surface area contributed by atoms with E-state index in [1.54, 1.807) is 0 Å². The second-order valence-electron chi connectivity index (χ2n) is 5.29. The van der Waals surface area contributed by atoms with Crippen molar-refractivity contribution in [2.45, 2.75) is 20.3 Å². The molecular formula is C14H16N6S. The van der Waals surface area contributed by atoms with Crippen molar-refractivity contribution in [2.75, 3.05) is 23.3 Å². The third kappa shape index (κ3) is 2.95. The zero-order valence-corrected chi connectivity index (χ0v) is 12.8. The van der Waals surface area contributed by atoms with Crippen LogP contribution in [0.5, 0.6) is 0 Å². The molecule has 0 bridgehead atoms. The molecule has 3 heterocycles. The fraction of sp³-hybridized carbons (Fsp3) is 0.429. The summed E-state index contributed by atoms with van der Waals surface area (Å²) in [6.07, 6.45) is 2.45. The summed E-state index contributed by atoms with van der Waals surface area (Å²) in [7, 11) is 0. The Bertz CT molecular complexity index is 683. The van der Waals surface area contributed by atoms with Crippen molar-refractivity contribution < 1.29 is 0 Å². The second kappa shape index (κ2) is 5.66. The van der Waals surface area contributed by atoms with Gasteiger partial charge in [-0.3, -0.25) is 0 Å². The minimum Gasteiger partial charge on any atom is -0.355 e. The first kappa shape index (κ1) is 13.8. The largest absolute Gasteiger partial charge is 0.355 e. The summed E-state index contributed by atoms with van der Waals surface area (Å²) in [5, 5.41) is 12.8. The third-order valence-corrected chi connectivity index (χ3v) is 4.24. The predicted molar refractivity (Wildman–Crippen MR) is 82.8 cm³/mol. The van der Waals surface area contributed by atoms with Gasteiger partial charge in [0.2, 0.25) is 5.95 Å². The molecule has 0 amide bonds. The molecule has 1 saturated heterocycles. The lowest BCUT2D eigenvalue weighted by Crippen LogP contribution is -2.47. The molecule has 0 aliphatic carbocycles. The maximum atomic E-state index is 8.71. The van der Waals surface area contributed by atoms with Crippen LogP contribution in [0, 0.1) is 31.1 Å². The van der Waals surface area contributed by atoms with Crippen LogP contribution in [-0.2, 0) is 0 Å². The van der Waals surface area contributed by atoms with Gasteiger partial charge in [-0.1, -0.05) is 0 Å².